The maximum atomic E-state index is 11.7. The van der Waals surface area contributed by atoms with Crippen molar-refractivity contribution in [1.29, 1.82) is 0 Å². The predicted octanol–water partition coefficient (Wildman–Crippen LogP) is -2.75. The van der Waals surface area contributed by atoms with Gasteiger partial charge < -0.3 is 31.7 Å². The third-order valence-electron chi connectivity index (χ3n) is 3.20. The van der Waals surface area contributed by atoms with Crippen molar-refractivity contribution in [2.24, 2.45) is 11.5 Å². The largest absolute Gasteiger partial charge is 0.488 e. The van der Waals surface area contributed by atoms with Crippen LogP contribution in [0.5, 0.6) is 0 Å². The molecule has 0 fully saturated rings. The van der Waals surface area contributed by atoms with Crippen molar-refractivity contribution >= 4 is 24.4 Å². The number of carbonyl (C=O) groups excluding carboxylic acids is 2. The lowest BCUT2D eigenvalue weighted by atomic mass is 9.76. The molecule has 0 saturated heterocycles. The fraction of sp³-hybridized carbons (Fsp3) is 0.429. The second kappa shape index (κ2) is 8.63. The molecule has 0 spiro atoms. The van der Waals surface area contributed by atoms with Gasteiger partial charge in [-0.2, -0.15) is 0 Å². The van der Waals surface area contributed by atoms with Gasteiger partial charge in [-0.1, -0.05) is 18.2 Å². The van der Waals surface area contributed by atoms with Crippen LogP contribution in [0.4, 0.5) is 0 Å². The van der Waals surface area contributed by atoms with Crippen LogP contribution in [0.25, 0.3) is 0 Å². The first-order valence-corrected chi connectivity index (χ1v) is 7.15. The summed E-state index contributed by atoms with van der Waals surface area (Å²) >= 11 is 0. The first-order valence-electron chi connectivity index (χ1n) is 7.15. The van der Waals surface area contributed by atoms with E-state index in [9.17, 15) is 19.6 Å². The quantitative estimate of drug-likeness (QED) is 0.328. The van der Waals surface area contributed by atoms with Gasteiger partial charge in [0, 0.05) is 13.1 Å². The van der Waals surface area contributed by atoms with Crippen LogP contribution in [0.1, 0.15) is 17.5 Å². The minimum Gasteiger partial charge on any atom is -0.423 e. The highest BCUT2D eigenvalue weighted by molar-refractivity contribution is 6.59. The number of carbonyl (C=O) groups is 2. The van der Waals surface area contributed by atoms with Crippen molar-refractivity contribution in [3.05, 3.63) is 29.3 Å². The Balaban J connectivity index is 2.76. The van der Waals surface area contributed by atoms with Gasteiger partial charge in [0.15, 0.2) is 0 Å². The van der Waals surface area contributed by atoms with Crippen molar-refractivity contribution in [2.45, 2.75) is 25.6 Å². The average molecular weight is 322 g/mol. The molecule has 0 aliphatic carbocycles. The van der Waals surface area contributed by atoms with Crippen molar-refractivity contribution in [1.82, 2.24) is 10.2 Å². The SMILES string of the molecule is CN(C)Cc1ccc(CNC(=O)C(N)CC(N)=O)cc1B(O)O. The van der Waals surface area contributed by atoms with Gasteiger partial charge in [0.25, 0.3) is 0 Å². The maximum absolute atomic E-state index is 11.7. The van der Waals surface area contributed by atoms with Crippen molar-refractivity contribution < 1.29 is 19.6 Å². The summed E-state index contributed by atoms with van der Waals surface area (Å²) in [4.78, 5) is 24.4. The Labute approximate surface area is 135 Å². The number of nitrogens with zero attached hydrogens (tertiary/aromatic N) is 1. The highest BCUT2D eigenvalue weighted by Crippen LogP contribution is 2.05. The van der Waals surface area contributed by atoms with E-state index in [1.165, 1.54) is 0 Å². The molecule has 0 aliphatic rings. The molecule has 2 amide bonds. The summed E-state index contributed by atoms with van der Waals surface area (Å²) in [5.41, 5.74) is 12.4. The van der Waals surface area contributed by atoms with Crippen LogP contribution in [0, 0.1) is 0 Å². The summed E-state index contributed by atoms with van der Waals surface area (Å²) in [5.74, 6) is -1.14. The zero-order chi connectivity index (χ0) is 17.6. The third-order valence-corrected chi connectivity index (χ3v) is 3.20. The Kier molecular flexibility index (Phi) is 7.17. The lowest BCUT2D eigenvalue weighted by Crippen LogP contribution is -2.43. The highest BCUT2D eigenvalue weighted by Gasteiger charge is 2.18. The average Bonchev–Trinajstić information content (AvgIpc) is 2.44. The molecule has 0 saturated carbocycles. The van der Waals surface area contributed by atoms with Gasteiger partial charge in [0.05, 0.1) is 12.5 Å². The third kappa shape index (κ3) is 6.37. The molecule has 23 heavy (non-hydrogen) atoms. The fourth-order valence-electron chi connectivity index (χ4n) is 2.11. The maximum Gasteiger partial charge on any atom is 0.488 e. The Hall–Kier alpha value is -1.94. The normalized spacial score (nSPS) is 12.1. The van der Waals surface area contributed by atoms with E-state index in [0.29, 0.717) is 17.6 Å². The number of nitrogens with two attached hydrogens (primary N) is 2. The molecule has 1 aromatic carbocycles. The number of hydrogen-bond acceptors (Lipinski definition) is 6. The van der Waals surface area contributed by atoms with Crippen LogP contribution in [0.3, 0.4) is 0 Å². The number of amides is 2. The Bertz CT molecular complexity index is 566. The summed E-state index contributed by atoms with van der Waals surface area (Å²) < 4.78 is 0. The molecule has 1 unspecified atom stereocenters. The molecule has 0 aromatic heterocycles. The second-order valence-electron chi connectivity index (χ2n) is 5.64. The Morgan fingerprint density at radius 2 is 2.00 bits per heavy atom. The van der Waals surface area contributed by atoms with Gasteiger partial charge >= 0.3 is 7.12 Å². The summed E-state index contributed by atoms with van der Waals surface area (Å²) in [6, 6.07) is 4.18. The van der Waals surface area contributed by atoms with Crippen LogP contribution in [0.15, 0.2) is 18.2 Å². The first kappa shape index (κ1) is 19.1. The fourth-order valence-corrected chi connectivity index (χ4v) is 2.11. The Morgan fingerprint density at radius 1 is 1.35 bits per heavy atom. The van der Waals surface area contributed by atoms with Gasteiger partial charge in [-0.05, 0) is 30.7 Å². The number of benzene rings is 1. The molecule has 1 rings (SSSR count). The van der Waals surface area contributed by atoms with E-state index in [4.69, 9.17) is 11.5 Å². The zero-order valence-corrected chi connectivity index (χ0v) is 13.3. The van der Waals surface area contributed by atoms with E-state index in [1.54, 1.807) is 18.2 Å². The van der Waals surface area contributed by atoms with E-state index < -0.39 is 25.0 Å². The van der Waals surface area contributed by atoms with Crippen LogP contribution in [0.2, 0.25) is 0 Å². The minimum atomic E-state index is -1.60. The van der Waals surface area contributed by atoms with Gasteiger partial charge in [-0.3, -0.25) is 9.59 Å². The molecular formula is C14H23BN4O4. The standard InChI is InChI=1S/C14H23BN4O4/c1-19(2)8-10-4-3-9(5-11(10)15(22)23)7-18-14(21)12(16)6-13(17)20/h3-5,12,22-23H,6-8,16H2,1-2H3,(H2,17,20)(H,18,21). The van der Waals surface area contributed by atoms with Crippen LogP contribution in [-0.2, 0) is 22.7 Å². The van der Waals surface area contributed by atoms with Crippen molar-refractivity contribution in [3.63, 3.8) is 0 Å². The zero-order valence-electron chi connectivity index (χ0n) is 13.3. The van der Waals surface area contributed by atoms with Crippen LogP contribution >= 0.6 is 0 Å². The molecule has 8 nitrogen and oxygen atoms in total. The topological polar surface area (TPSA) is 142 Å². The summed E-state index contributed by atoms with van der Waals surface area (Å²) in [6.07, 6.45) is -0.228. The van der Waals surface area contributed by atoms with Gasteiger partial charge in [-0.15, -0.1) is 0 Å². The summed E-state index contributed by atoms with van der Waals surface area (Å²) in [5, 5.41) is 21.6. The minimum absolute atomic E-state index is 0.160. The lowest BCUT2D eigenvalue weighted by molar-refractivity contribution is -0.126. The lowest BCUT2D eigenvalue weighted by Gasteiger charge is -2.16. The number of rotatable bonds is 8. The van der Waals surface area contributed by atoms with E-state index in [-0.39, 0.29) is 13.0 Å². The van der Waals surface area contributed by atoms with Crippen molar-refractivity contribution in [2.75, 3.05) is 14.1 Å². The van der Waals surface area contributed by atoms with E-state index in [0.717, 1.165) is 5.56 Å². The molecule has 126 valence electrons. The molecule has 1 atom stereocenters. The molecule has 0 radical (unpaired) electrons. The van der Waals surface area contributed by atoms with Crippen molar-refractivity contribution in [3.8, 4) is 0 Å². The molecule has 0 heterocycles. The second-order valence-corrected chi connectivity index (χ2v) is 5.64. The first-order chi connectivity index (χ1) is 10.7. The predicted molar refractivity (Wildman–Crippen MR) is 87.3 cm³/mol. The van der Waals surface area contributed by atoms with Crippen LogP contribution in [-0.4, -0.2) is 54.0 Å². The summed E-state index contributed by atoms with van der Waals surface area (Å²) in [7, 11) is 2.15. The molecule has 9 heteroatoms. The van der Waals surface area contributed by atoms with E-state index >= 15 is 0 Å². The smallest absolute Gasteiger partial charge is 0.423 e. The van der Waals surface area contributed by atoms with Gasteiger partial charge in [0.1, 0.15) is 0 Å². The number of nitrogens with one attached hydrogen (secondary N) is 1. The summed E-state index contributed by atoms with van der Waals surface area (Å²) in [6.45, 7) is 0.719. The highest BCUT2D eigenvalue weighted by atomic mass is 16.4. The Morgan fingerprint density at radius 3 is 2.52 bits per heavy atom. The molecule has 0 bridgehead atoms. The molecule has 7 N–H and O–H groups in total. The molecular weight excluding hydrogens is 299 g/mol. The molecule has 0 aliphatic heterocycles. The van der Waals surface area contributed by atoms with E-state index in [2.05, 4.69) is 5.32 Å². The van der Waals surface area contributed by atoms with Gasteiger partial charge in [0.2, 0.25) is 11.8 Å². The number of hydrogen-bond donors (Lipinski definition) is 5. The van der Waals surface area contributed by atoms with Gasteiger partial charge in [-0.25, -0.2) is 0 Å². The number of primary amides is 1. The monoisotopic (exact) mass is 322 g/mol. The van der Waals surface area contributed by atoms with E-state index in [1.807, 2.05) is 19.0 Å². The van der Waals surface area contributed by atoms with Crippen LogP contribution < -0.4 is 22.2 Å². The molecule has 1 aromatic rings.